The summed E-state index contributed by atoms with van der Waals surface area (Å²) in [7, 11) is 0. The van der Waals surface area contributed by atoms with E-state index in [1.165, 1.54) is 44.5 Å². The number of benzene rings is 2. The van der Waals surface area contributed by atoms with E-state index >= 15 is 0 Å². The molecule has 160 valence electrons. The van der Waals surface area contributed by atoms with Crippen LogP contribution in [0.1, 0.15) is 79.9 Å². The van der Waals surface area contributed by atoms with Crippen molar-refractivity contribution in [1.29, 1.82) is 0 Å². The molecule has 2 atom stereocenters. The molecular weight excluding hydrogens is 380 g/mol. The summed E-state index contributed by atoms with van der Waals surface area (Å²) in [6.45, 7) is 13.0. The summed E-state index contributed by atoms with van der Waals surface area (Å²) in [5.41, 5.74) is 10.7. The molecule has 31 heavy (non-hydrogen) atoms. The maximum Gasteiger partial charge on any atom is 0.273 e. The number of aryl methyl sites for hydroxylation is 6. The quantitative estimate of drug-likeness (QED) is 0.482. The second kappa shape index (κ2) is 8.30. The summed E-state index contributed by atoms with van der Waals surface area (Å²) in [4.78, 5) is 20.4. The summed E-state index contributed by atoms with van der Waals surface area (Å²) in [6, 6.07) is 14.6. The van der Waals surface area contributed by atoms with Gasteiger partial charge in [-0.25, -0.2) is 0 Å². The molecule has 3 aromatic rings. The van der Waals surface area contributed by atoms with E-state index in [1.54, 1.807) is 6.20 Å². The van der Waals surface area contributed by atoms with Crippen molar-refractivity contribution in [3.05, 3.63) is 98.9 Å². The van der Waals surface area contributed by atoms with E-state index in [-0.39, 0.29) is 18.0 Å². The molecule has 0 N–H and O–H groups in total. The van der Waals surface area contributed by atoms with Crippen LogP contribution in [0.2, 0.25) is 0 Å². The summed E-state index contributed by atoms with van der Waals surface area (Å²) in [6.07, 6.45) is 3.62. The molecule has 0 saturated carbocycles. The molecule has 0 radical (unpaired) electrons. The molecule has 2 heterocycles. The number of carbonyl (C=O) groups is 1. The number of amides is 1. The first kappa shape index (κ1) is 21.3. The first-order valence-corrected chi connectivity index (χ1v) is 11.2. The zero-order chi connectivity index (χ0) is 22.3. The van der Waals surface area contributed by atoms with Gasteiger partial charge in [0.15, 0.2) is 0 Å². The van der Waals surface area contributed by atoms with Crippen LogP contribution in [0.15, 0.2) is 48.7 Å². The van der Waals surface area contributed by atoms with Crippen LogP contribution in [0.25, 0.3) is 0 Å². The molecule has 1 aliphatic heterocycles. The first-order valence-electron chi connectivity index (χ1n) is 11.2. The number of hydrogen-bond acceptors (Lipinski definition) is 2. The van der Waals surface area contributed by atoms with Crippen molar-refractivity contribution in [2.45, 2.75) is 66.5 Å². The predicted molar refractivity (Wildman–Crippen MR) is 126 cm³/mol. The Kier molecular flexibility index (Phi) is 5.70. The van der Waals surface area contributed by atoms with Crippen LogP contribution in [-0.4, -0.2) is 15.8 Å². The van der Waals surface area contributed by atoms with Crippen molar-refractivity contribution < 1.29 is 4.79 Å². The van der Waals surface area contributed by atoms with Gasteiger partial charge in [-0.1, -0.05) is 41.5 Å². The lowest BCUT2D eigenvalue weighted by Gasteiger charge is -2.34. The first-order chi connectivity index (χ1) is 14.8. The molecule has 0 aliphatic carbocycles. The van der Waals surface area contributed by atoms with E-state index in [4.69, 9.17) is 0 Å². The summed E-state index contributed by atoms with van der Waals surface area (Å²) >= 11 is 0. The fourth-order valence-corrected chi connectivity index (χ4v) is 5.72. The Morgan fingerprint density at radius 2 is 1.23 bits per heavy atom. The minimum Gasteiger partial charge on any atom is -0.323 e. The molecular formula is C28H32N2O. The Labute approximate surface area is 186 Å². The minimum atomic E-state index is 0.0202. The van der Waals surface area contributed by atoms with Gasteiger partial charge in [-0.15, -0.1) is 0 Å². The van der Waals surface area contributed by atoms with Crippen LogP contribution in [-0.2, 0) is 0 Å². The zero-order valence-electron chi connectivity index (χ0n) is 19.5. The Balaban J connectivity index is 1.87. The van der Waals surface area contributed by atoms with Gasteiger partial charge in [0.25, 0.3) is 5.91 Å². The van der Waals surface area contributed by atoms with E-state index in [0.29, 0.717) is 5.69 Å². The van der Waals surface area contributed by atoms with Crippen LogP contribution in [0.5, 0.6) is 0 Å². The number of aromatic nitrogens is 1. The number of likely N-dealkylation sites (tertiary alicyclic amines) is 1. The molecule has 1 fully saturated rings. The van der Waals surface area contributed by atoms with Crippen LogP contribution < -0.4 is 0 Å². The summed E-state index contributed by atoms with van der Waals surface area (Å²) < 4.78 is 0. The topological polar surface area (TPSA) is 33.2 Å². The highest BCUT2D eigenvalue weighted by Gasteiger charge is 2.41. The lowest BCUT2D eigenvalue weighted by molar-refractivity contribution is 0.0656. The zero-order valence-corrected chi connectivity index (χ0v) is 19.5. The number of carbonyl (C=O) groups excluding carboxylic acids is 1. The van der Waals surface area contributed by atoms with Crippen molar-refractivity contribution in [2.75, 3.05) is 0 Å². The second-order valence-electron chi connectivity index (χ2n) is 9.16. The summed E-state index contributed by atoms with van der Waals surface area (Å²) in [5.74, 6) is 0.0202. The number of pyridine rings is 1. The largest absolute Gasteiger partial charge is 0.323 e. The van der Waals surface area contributed by atoms with Gasteiger partial charge in [-0.3, -0.25) is 9.78 Å². The predicted octanol–water partition coefficient (Wildman–Crippen LogP) is 6.65. The molecule has 3 nitrogen and oxygen atoms in total. The van der Waals surface area contributed by atoms with Gasteiger partial charge in [0.05, 0.1) is 12.1 Å². The van der Waals surface area contributed by atoms with E-state index in [1.807, 2.05) is 18.2 Å². The standard InChI is InChI=1S/C28H32N2O/c1-17-13-19(3)26(20(4)14-17)24-10-11-25(27-21(5)15-18(2)16-22(27)6)30(24)28(31)23-9-7-8-12-29-23/h7-9,12-16,24-25H,10-11H2,1-6H3/t24-,25-/m0/s1. The molecule has 1 saturated heterocycles. The Hall–Kier alpha value is -2.94. The third-order valence-corrected chi connectivity index (χ3v) is 6.65. The van der Waals surface area contributed by atoms with Gasteiger partial charge < -0.3 is 4.90 Å². The highest BCUT2D eigenvalue weighted by molar-refractivity contribution is 5.93. The maximum absolute atomic E-state index is 13.9. The van der Waals surface area contributed by atoms with Crippen LogP contribution in [0.4, 0.5) is 0 Å². The van der Waals surface area contributed by atoms with E-state index in [9.17, 15) is 4.79 Å². The lowest BCUT2D eigenvalue weighted by Crippen LogP contribution is -2.34. The molecule has 1 aliphatic rings. The number of hydrogen-bond donors (Lipinski definition) is 0. The van der Waals surface area contributed by atoms with Crippen molar-refractivity contribution >= 4 is 5.91 Å². The normalized spacial score (nSPS) is 18.5. The molecule has 0 bridgehead atoms. The van der Waals surface area contributed by atoms with Gasteiger partial charge in [0.2, 0.25) is 0 Å². The van der Waals surface area contributed by atoms with E-state index < -0.39 is 0 Å². The second-order valence-corrected chi connectivity index (χ2v) is 9.16. The Morgan fingerprint density at radius 3 is 1.61 bits per heavy atom. The fourth-order valence-electron chi connectivity index (χ4n) is 5.72. The van der Waals surface area contributed by atoms with E-state index in [2.05, 4.69) is 75.7 Å². The monoisotopic (exact) mass is 412 g/mol. The Morgan fingerprint density at radius 1 is 0.774 bits per heavy atom. The molecule has 1 aromatic heterocycles. The third-order valence-electron chi connectivity index (χ3n) is 6.65. The van der Waals surface area contributed by atoms with Gasteiger partial charge in [-0.05, 0) is 99.9 Å². The van der Waals surface area contributed by atoms with Crippen LogP contribution in [0, 0.1) is 41.5 Å². The number of nitrogens with zero attached hydrogens (tertiary/aromatic N) is 2. The Bertz CT molecular complexity index is 1020. The van der Waals surface area contributed by atoms with Crippen molar-refractivity contribution in [3.63, 3.8) is 0 Å². The highest BCUT2D eigenvalue weighted by Crippen LogP contribution is 2.48. The van der Waals surface area contributed by atoms with Crippen molar-refractivity contribution in [3.8, 4) is 0 Å². The molecule has 3 heteroatoms. The van der Waals surface area contributed by atoms with Crippen molar-refractivity contribution in [1.82, 2.24) is 9.88 Å². The lowest BCUT2D eigenvalue weighted by atomic mass is 9.92. The average Bonchev–Trinajstić information content (AvgIpc) is 3.10. The maximum atomic E-state index is 13.9. The van der Waals surface area contributed by atoms with Crippen LogP contribution in [0.3, 0.4) is 0 Å². The summed E-state index contributed by atoms with van der Waals surface area (Å²) in [5, 5.41) is 0. The fraction of sp³-hybridized carbons (Fsp3) is 0.357. The molecule has 0 unspecified atom stereocenters. The van der Waals surface area contributed by atoms with Gasteiger partial charge in [0, 0.05) is 6.20 Å². The molecule has 1 amide bonds. The smallest absolute Gasteiger partial charge is 0.273 e. The van der Waals surface area contributed by atoms with Crippen molar-refractivity contribution in [2.24, 2.45) is 0 Å². The highest BCUT2D eigenvalue weighted by atomic mass is 16.2. The SMILES string of the molecule is Cc1cc(C)c([C@@H]2CC[C@@H](c3c(C)cc(C)cc3C)N2C(=O)c2ccccn2)c(C)c1. The van der Waals surface area contributed by atoms with Gasteiger partial charge >= 0.3 is 0 Å². The van der Waals surface area contributed by atoms with Gasteiger partial charge in [0.1, 0.15) is 5.69 Å². The number of rotatable bonds is 3. The molecule has 0 spiro atoms. The minimum absolute atomic E-state index is 0.0202. The molecule has 4 rings (SSSR count). The van der Waals surface area contributed by atoms with Crippen LogP contribution >= 0.6 is 0 Å². The van der Waals surface area contributed by atoms with E-state index in [0.717, 1.165) is 12.8 Å². The average molecular weight is 413 g/mol. The van der Waals surface area contributed by atoms with Gasteiger partial charge in [-0.2, -0.15) is 0 Å². The third kappa shape index (κ3) is 3.89. The molecule has 2 aromatic carbocycles.